The minimum Gasteiger partial charge on any atom is -0.382 e. The van der Waals surface area contributed by atoms with Crippen molar-refractivity contribution in [3.63, 3.8) is 0 Å². The maximum absolute atomic E-state index is 11.7. The molecular weight excluding hydrogens is 204 g/mol. The van der Waals surface area contributed by atoms with Crippen molar-refractivity contribution in [3.8, 4) is 11.8 Å². The summed E-state index contributed by atoms with van der Waals surface area (Å²) in [6.07, 6.45) is 0. The standard InChI is InChI=1S/C11H14N4O/c1-3-4-11(16)14-5-6-15-9(8(14)2)7-10(12)13-15/h7-8H,5-6H2,1-2H3,(H2,12,13). The van der Waals surface area contributed by atoms with Crippen LogP contribution in [-0.2, 0) is 11.3 Å². The number of anilines is 1. The number of hydrogen-bond donors (Lipinski definition) is 1. The molecule has 1 aromatic heterocycles. The first-order valence-electron chi connectivity index (χ1n) is 5.20. The molecule has 16 heavy (non-hydrogen) atoms. The average molecular weight is 218 g/mol. The van der Waals surface area contributed by atoms with Gasteiger partial charge < -0.3 is 10.6 Å². The molecule has 0 aliphatic carbocycles. The number of carbonyl (C=O) groups is 1. The van der Waals surface area contributed by atoms with E-state index in [1.807, 2.05) is 17.7 Å². The van der Waals surface area contributed by atoms with Gasteiger partial charge in [0.25, 0.3) is 5.91 Å². The molecule has 5 nitrogen and oxygen atoms in total. The zero-order valence-corrected chi connectivity index (χ0v) is 9.40. The Morgan fingerprint density at radius 1 is 1.62 bits per heavy atom. The normalized spacial score (nSPS) is 18.6. The molecule has 2 N–H and O–H groups in total. The summed E-state index contributed by atoms with van der Waals surface area (Å²) in [7, 11) is 0. The fraction of sp³-hybridized carbons (Fsp3) is 0.455. The lowest BCUT2D eigenvalue weighted by Gasteiger charge is -2.32. The van der Waals surface area contributed by atoms with Crippen LogP contribution in [0.3, 0.4) is 0 Å². The Kier molecular flexibility index (Phi) is 2.57. The van der Waals surface area contributed by atoms with E-state index in [-0.39, 0.29) is 11.9 Å². The van der Waals surface area contributed by atoms with Crippen LogP contribution in [0.15, 0.2) is 6.07 Å². The number of hydrogen-bond acceptors (Lipinski definition) is 3. The van der Waals surface area contributed by atoms with E-state index >= 15 is 0 Å². The van der Waals surface area contributed by atoms with Crippen LogP contribution in [0.4, 0.5) is 5.82 Å². The fourth-order valence-corrected chi connectivity index (χ4v) is 1.98. The van der Waals surface area contributed by atoms with Gasteiger partial charge in [-0.1, -0.05) is 5.92 Å². The number of rotatable bonds is 0. The van der Waals surface area contributed by atoms with Gasteiger partial charge in [-0.3, -0.25) is 9.48 Å². The van der Waals surface area contributed by atoms with Crippen LogP contribution in [0, 0.1) is 11.8 Å². The molecule has 0 aromatic carbocycles. The molecule has 1 amide bonds. The molecule has 84 valence electrons. The number of nitrogens with zero attached hydrogens (tertiary/aromatic N) is 3. The molecular formula is C11H14N4O. The number of aromatic nitrogens is 2. The van der Waals surface area contributed by atoms with Crippen LogP contribution >= 0.6 is 0 Å². The van der Waals surface area contributed by atoms with Gasteiger partial charge in [0.05, 0.1) is 18.3 Å². The lowest BCUT2D eigenvalue weighted by molar-refractivity contribution is -0.128. The van der Waals surface area contributed by atoms with Gasteiger partial charge in [0.1, 0.15) is 5.82 Å². The van der Waals surface area contributed by atoms with Crippen molar-refractivity contribution >= 4 is 11.7 Å². The second-order valence-corrected chi connectivity index (χ2v) is 3.77. The van der Waals surface area contributed by atoms with Crippen LogP contribution in [0.2, 0.25) is 0 Å². The lowest BCUT2D eigenvalue weighted by atomic mass is 10.1. The zero-order chi connectivity index (χ0) is 11.7. The van der Waals surface area contributed by atoms with Crippen LogP contribution in [0.25, 0.3) is 0 Å². The van der Waals surface area contributed by atoms with Gasteiger partial charge in [0, 0.05) is 12.6 Å². The third kappa shape index (κ3) is 1.63. The third-order valence-electron chi connectivity index (χ3n) is 2.77. The summed E-state index contributed by atoms with van der Waals surface area (Å²) in [5.74, 6) is 5.55. The first kappa shape index (κ1) is 10.6. The topological polar surface area (TPSA) is 64.2 Å². The van der Waals surface area contributed by atoms with E-state index in [2.05, 4.69) is 16.9 Å². The van der Waals surface area contributed by atoms with Crippen molar-refractivity contribution in [2.24, 2.45) is 0 Å². The molecule has 0 fully saturated rings. The summed E-state index contributed by atoms with van der Waals surface area (Å²) in [6, 6.07) is 1.79. The highest BCUT2D eigenvalue weighted by Crippen LogP contribution is 2.25. The Morgan fingerprint density at radius 2 is 2.38 bits per heavy atom. The highest BCUT2D eigenvalue weighted by Gasteiger charge is 2.27. The quantitative estimate of drug-likeness (QED) is 0.641. The highest BCUT2D eigenvalue weighted by molar-refractivity contribution is 5.93. The molecule has 0 spiro atoms. The molecule has 5 heteroatoms. The van der Waals surface area contributed by atoms with Crippen LogP contribution in [-0.4, -0.2) is 27.1 Å². The maximum Gasteiger partial charge on any atom is 0.299 e. The van der Waals surface area contributed by atoms with E-state index in [4.69, 9.17) is 5.73 Å². The second-order valence-electron chi connectivity index (χ2n) is 3.77. The molecule has 1 aliphatic heterocycles. The van der Waals surface area contributed by atoms with Crippen LogP contribution in [0.1, 0.15) is 25.6 Å². The van der Waals surface area contributed by atoms with E-state index in [1.54, 1.807) is 11.8 Å². The summed E-state index contributed by atoms with van der Waals surface area (Å²) in [6.45, 7) is 4.92. The van der Waals surface area contributed by atoms with E-state index in [0.29, 0.717) is 18.9 Å². The Morgan fingerprint density at radius 3 is 3.06 bits per heavy atom. The van der Waals surface area contributed by atoms with Gasteiger partial charge >= 0.3 is 0 Å². The van der Waals surface area contributed by atoms with Gasteiger partial charge in [0.2, 0.25) is 0 Å². The maximum atomic E-state index is 11.7. The minimum atomic E-state index is -0.138. The Balaban J connectivity index is 2.29. The van der Waals surface area contributed by atoms with Crippen molar-refractivity contribution in [2.45, 2.75) is 26.4 Å². The highest BCUT2D eigenvalue weighted by atomic mass is 16.2. The fourth-order valence-electron chi connectivity index (χ4n) is 1.98. The summed E-state index contributed by atoms with van der Waals surface area (Å²) in [5.41, 5.74) is 6.61. The average Bonchev–Trinajstić information content (AvgIpc) is 2.60. The predicted molar refractivity (Wildman–Crippen MR) is 60.2 cm³/mol. The second kappa shape index (κ2) is 3.89. The molecule has 0 radical (unpaired) electrons. The monoisotopic (exact) mass is 218 g/mol. The number of nitrogen functional groups attached to an aromatic ring is 1. The number of nitrogens with two attached hydrogens (primary N) is 1. The molecule has 1 atom stereocenters. The summed E-state index contributed by atoms with van der Waals surface area (Å²) >= 11 is 0. The molecule has 2 heterocycles. The number of fused-ring (bicyclic) bond motifs is 1. The van der Waals surface area contributed by atoms with Gasteiger partial charge in [0.15, 0.2) is 0 Å². The predicted octanol–water partition coefficient (Wildman–Crippen LogP) is 0.392. The molecule has 0 bridgehead atoms. The molecule has 0 saturated heterocycles. The van der Waals surface area contributed by atoms with E-state index in [9.17, 15) is 4.79 Å². The minimum absolute atomic E-state index is 0.0214. The molecule has 0 saturated carbocycles. The van der Waals surface area contributed by atoms with Crippen molar-refractivity contribution in [3.05, 3.63) is 11.8 Å². The van der Waals surface area contributed by atoms with Crippen LogP contribution < -0.4 is 5.73 Å². The smallest absolute Gasteiger partial charge is 0.299 e. The molecule has 1 unspecified atom stereocenters. The first-order chi connectivity index (χ1) is 7.63. The largest absolute Gasteiger partial charge is 0.382 e. The first-order valence-corrected chi connectivity index (χ1v) is 5.20. The summed E-state index contributed by atoms with van der Waals surface area (Å²) in [5, 5.41) is 4.16. The van der Waals surface area contributed by atoms with Crippen molar-refractivity contribution in [1.29, 1.82) is 0 Å². The van der Waals surface area contributed by atoms with E-state index in [1.165, 1.54) is 0 Å². The van der Waals surface area contributed by atoms with Crippen LogP contribution in [0.5, 0.6) is 0 Å². The van der Waals surface area contributed by atoms with Gasteiger partial charge in [-0.15, -0.1) is 0 Å². The SMILES string of the molecule is CC#CC(=O)N1CCn2nc(N)cc2C1C. The third-order valence-corrected chi connectivity index (χ3v) is 2.77. The number of amides is 1. The summed E-state index contributed by atoms with van der Waals surface area (Å²) in [4.78, 5) is 13.5. The Hall–Kier alpha value is -1.96. The van der Waals surface area contributed by atoms with Gasteiger partial charge in [-0.2, -0.15) is 5.10 Å². The van der Waals surface area contributed by atoms with Crippen molar-refractivity contribution in [1.82, 2.24) is 14.7 Å². The summed E-state index contributed by atoms with van der Waals surface area (Å²) < 4.78 is 1.85. The van der Waals surface area contributed by atoms with Crippen molar-refractivity contribution in [2.75, 3.05) is 12.3 Å². The Labute approximate surface area is 94.2 Å². The zero-order valence-electron chi connectivity index (χ0n) is 9.40. The van der Waals surface area contributed by atoms with Gasteiger partial charge in [-0.25, -0.2) is 0 Å². The van der Waals surface area contributed by atoms with E-state index in [0.717, 1.165) is 5.69 Å². The lowest BCUT2D eigenvalue weighted by Crippen LogP contribution is -2.40. The van der Waals surface area contributed by atoms with E-state index < -0.39 is 0 Å². The molecule has 1 aromatic rings. The molecule has 1 aliphatic rings. The van der Waals surface area contributed by atoms with Crippen molar-refractivity contribution < 1.29 is 4.79 Å². The van der Waals surface area contributed by atoms with Gasteiger partial charge in [-0.05, 0) is 19.8 Å². The molecule has 2 rings (SSSR count). The number of carbonyl (C=O) groups excluding carboxylic acids is 1. The Bertz CT molecular complexity index is 480.